The number of ether oxygens (including phenoxy) is 2. The van der Waals surface area contributed by atoms with Crippen LogP contribution in [0.1, 0.15) is 85.9 Å². The Hall–Kier alpha value is -3.83. The molecule has 3 atom stereocenters. The number of aromatic nitrogens is 5. The molecular formula is C33H40N8O4S. The smallest absolute Gasteiger partial charge is 0.219 e. The Morgan fingerprint density at radius 3 is 2.83 bits per heavy atom. The highest BCUT2D eigenvalue weighted by Gasteiger charge is 2.44. The van der Waals surface area contributed by atoms with E-state index in [0.717, 1.165) is 66.8 Å². The molecule has 2 fully saturated rings. The van der Waals surface area contributed by atoms with E-state index in [1.54, 1.807) is 23.0 Å². The van der Waals surface area contributed by atoms with E-state index in [-0.39, 0.29) is 25.4 Å². The molecule has 0 spiro atoms. The van der Waals surface area contributed by atoms with Gasteiger partial charge in [0.25, 0.3) is 0 Å². The predicted octanol–water partition coefficient (Wildman–Crippen LogP) is 4.51. The van der Waals surface area contributed by atoms with Crippen LogP contribution in [-0.2, 0) is 28.6 Å². The summed E-state index contributed by atoms with van der Waals surface area (Å²) in [7, 11) is 2.12. The Balaban J connectivity index is 1.34. The van der Waals surface area contributed by atoms with E-state index in [1.807, 2.05) is 0 Å². The van der Waals surface area contributed by atoms with E-state index in [0.29, 0.717) is 45.9 Å². The number of anilines is 1. The highest BCUT2D eigenvalue weighted by molar-refractivity contribution is 7.16. The molecule has 7 rings (SSSR count). The summed E-state index contributed by atoms with van der Waals surface area (Å²) in [4.78, 5) is 13.3. The van der Waals surface area contributed by atoms with E-state index >= 15 is 0 Å². The minimum atomic E-state index is -1.11. The van der Waals surface area contributed by atoms with Crippen molar-refractivity contribution in [1.29, 1.82) is 5.26 Å². The number of nitrogens with two attached hydrogens (primary N) is 1. The standard InChI is InChI=1S/C33H40N8O4S/c1-5-8-20-28(39-45-29(20)32(3)12-6-10-23-27(32)21(16-34)30(35)46-23)31-36-25(41-14-11-24(38-41)33(42)17-43-18-33)15-26(37-31)44-19(2)22-9-7-13-40(22)4/h11,14-15,19,22,42H,5-10,12-13,17-18,35H2,1-4H3/t19-,22-,32-/m0/s1. The van der Waals surface area contributed by atoms with Crippen LogP contribution in [0.25, 0.3) is 17.3 Å². The van der Waals surface area contributed by atoms with Gasteiger partial charge in [0.15, 0.2) is 28.7 Å². The number of aryl methyl sites for hydroxylation is 1. The molecule has 0 radical (unpaired) electrons. The van der Waals surface area contributed by atoms with Crippen LogP contribution in [0.15, 0.2) is 22.9 Å². The van der Waals surface area contributed by atoms with Crippen LogP contribution in [-0.4, -0.2) is 73.9 Å². The molecule has 13 heteroatoms. The van der Waals surface area contributed by atoms with Gasteiger partial charge in [0.05, 0.1) is 29.9 Å². The quantitative estimate of drug-likeness (QED) is 0.264. The third-order valence-corrected chi connectivity index (χ3v) is 10.9. The van der Waals surface area contributed by atoms with Gasteiger partial charge in [-0.15, -0.1) is 11.3 Å². The first-order chi connectivity index (χ1) is 22.1. The highest BCUT2D eigenvalue weighted by atomic mass is 32.1. The number of fused-ring (bicyclic) bond motifs is 1. The molecule has 1 aliphatic carbocycles. The first-order valence-electron chi connectivity index (χ1n) is 16.1. The lowest BCUT2D eigenvalue weighted by molar-refractivity contribution is -0.187. The molecule has 242 valence electrons. The third kappa shape index (κ3) is 5.08. The summed E-state index contributed by atoms with van der Waals surface area (Å²) in [6.07, 6.45) is 8.02. The van der Waals surface area contributed by atoms with Crippen molar-refractivity contribution in [1.82, 2.24) is 29.8 Å². The van der Waals surface area contributed by atoms with E-state index in [2.05, 4.69) is 49.0 Å². The van der Waals surface area contributed by atoms with Crippen molar-refractivity contribution in [3.8, 4) is 29.3 Å². The van der Waals surface area contributed by atoms with Crippen LogP contribution in [0, 0.1) is 11.3 Å². The number of likely N-dealkylation sites (N-methyl/N-ethyl adjacent to an activating group) is 1. The van der Waals surface area contributed by atoms with Crippen molar-refractivity contribution in [3.05, 3.63) is 51.4 Å². The maximum atomic E-state index is 10.8. The lowest BCUT2D eigenvalue weighted by Crippen LogP contribution is -2.46. The molecule has 46 heavy (non-hydrogen) atoms. The largest absolute Gasteiger partial charge is 0.473 e. The van der Waals surface area contributed by atoms with E-state index in [4.69, 9.17) is 29.7 Å². The molecule has 0 aromatic carbocycles. The van der Waals surface area contributed by atoms with Gasteiger partial charge in [-0.2, -0.15) is 15.3 Å². The Morgan fingerprint density at radius 2 is 2.13 bits per heavy atom. The molecule has 0 unspecified atom stereocenters. The van der Waals surface area contributed by atoms with E-state index in [9.17, 15) is 10.4 Å². The van der Waals surface area contributed by atoms with Gasteiger partial charge in [0, 0.05) is 28.7 Å². The van der Waals surface area contributed by atoms with Gasteiger partial charge in [0.2, 0.25) is 5.88 Å². The average Bonchev–Trinajstić information content (AvgIpc) is 3.82. The van der Waals surface area contributed by atoms with Crippen molar-refractivity contribution in [2.24, 2.45) is 0 Å². The van der Waals surface area contributed by atoms with Crippen LogP contribution in [0.3, 0.4) is 0 Å². The second-order valence-corrected chi connectivity index (χ2v) is 14.2. The van der Waals surface area contributed by atoms with Gasteiger partial charge in [0.1, 0.15) is 17.2 Å². The number of nitrogen functional groups attached to an aromatic ring is 1. The van der Waals surface area contributed by atoms with Crippen molar-refractivity contribution >= 4 is 16.3 Å². The normalized spacial score (nSPS) is 23.1. The fraction of sp³-hybridized carbons (Fsp3) is 0.545. The summed E-state index contributed by atoms with van der Waals surface area (Å²) in [5.41, 5.74) is 8.12. The zero-order valence-corrected chi connectivity index (χ0v) is 27.6. The molecule has 4 aromatic rings. The Labute approximate surface area is 272 Å². The van der Waals surface area contributed by atoms with Gasteiger partial charge in [-0.1, -0.05) is 18.5 Å². The van der Waals surface area contributed by atoms with Crippen molar-refractivity contribution in [2.75, 3.05) is 32.5 Å². The summed E-state index contributed by atoms with van der Waals surface area (Å²) in [6, 6.07) is 6.18. The lowest BCUT2D eigenvalue weighted by Gasteiger charge is -2.34. The highest BCUT2D eigenvalue weighted by Crippen LogP contribution is 2.50. The summed E-state index contributed by atoms with van der Waals surface area (Å²) < 4.78 is 19.6. The fourth-order valence-corrected chi connectivity index (χ4v) is 8.55. The number of nitriles is 1. The van der Waals surface area contributed by atoms with Crippen molar-refractivity contribution in [2.45, 2.75) is 88.9 Å². The van der Waals surface area contributed by atoms with Crippen LogP contribution in [0.2, 0.25) is 0 Å². The molecule has 12 nitrogen and oxygen atoms in total. The maximum absolute atomic E-state index is 10.8. The number of nitrogens with zero attached hydrogens (tertiary/aromatic N) is 7. The molecule has 0 amide bonds. The summed E-state index contributed by atoms with van der Waals surface area (Å²) in [5.74, 6) is 1.99. The monoisotopic (exact) mass is 644 g/mol. The number of hydrogen-bond donors (Lipinski definition) is 2. The number of hydrogen-bond acceptors (Lipinski definition) is 12. The molecule has 3 N–H and O–H groups in total. The predicted molar refractivity (Wildman–Crippen MR) is 172 cm³/mol. The molecule has 2 aliphatic heterocycles. The van der Waals surface area contributed by atoms with Gasteiger partial charge >= 0.3 is 0 Å². The first kappa shape index (κ1) is 30.8. The first-order valence-corrected chi connectivity index (χ1v) is 16.9. The minimum absolute atomic E-state index is 0.111. The van der Waals surface area contributed by atoms with Gasteiger partial charge in [-0.25, -0.2) is 9.67 Å². The summed E-state index contributed by atoms with van der Waals surface area (Å²) >= 11 is 1.50. The minimum Gasteiger partial charge on any atom is -0.473 e. The zero-order valence-electron chi connectivity index (χ0n) is 26.7. The van der Waals surface area contributed by atoms with E-state index in [1.165, 1.54) is 11.3 Å². The summed E-state index contributed by atoms with van der Waals surface area (Å²) in [6.45, 7) is 7.76. The van der Waals surface area contributed by atoms with E-state index < -0.39 is 11.0 Å². The number of thiophene rings is 1. The van der Waals surface area contributed by atoms with Crippen LogP contribution >= 0.6 is 11.3 Å². The Morgan fingerprint density at radius 1 is 1.30 bits per heavy atom. The SMILES string of the molecule is CCCc1c(-c2nc(O[C@@H](C)[C@@H]3CCCN3C)cc(-n3ccc(C4(O)COC4)n3)n2)noc1[C@@]1(C)CCCc2sc(N)c(C#N)c21. The second kappa shape index (κ2) is 11.8. The van der Waals surface area contributed by atoms with Gasteiger partial charge < -0.3 is 24.8 Å². The number of aliphatic hydroxyl groups is 1. The zero-order chi connectivity index (χ0) is 32.2. The van der Waals surface area contributed by atoms with Crippen LogP contribution in [0.5, 0.6) is 5.88 Å². The Kier molecular flexibility index (Phi) is 7.87. The lowest BCUT2D eigenvalue weighted by atomic mass is 9.69. The molecule has 0 saturated carbocycles. The number of likely N-dealkylation sites (tertiary alicyclic amines) is 1. The molecule has 3 aliphatic rings. The van der Waals surface area contributed by atoms with Crippen LogP contribution < -0.4 is 10.5 Å². The Bertz CT molecular complexity index is 1800. The fourth-order valence-electron chi connectivity index (χ4n) is 7.36. The second-order valence-electron chi connectivity index (χ2n) is 13.1. The van der Waals surface area contributed by atoms with Gasteiger partial charge in [-0.05, 0) is 77.6 Å². The number of rotatable bonds is 9. The third-order valence-electron chi connectivity index (χ3n) is 9.85. The van der Waals surface area contributed by atoms with Gasteiger partial charge in [-0.3, -0.25) is 4.90 Å². The summed E-state index contributed by atoms with van der Waals surface area (Å²) in [5, 5.41) is 30.7. The molecule has 6 heterocycles. The van der Waals surface area contributed by atoms with Crippen LogP contribution in [0.4, 0.5) is 5.00 Å². The molecule has 4 aromatic heterocycles. The maximum Gasteiger partial charge on any atom is 0.219 e. The topological polar surface area (TPSA) is 161 Å². The molecule has 0 bridgehead atoms. The molecular weight excluding hydrogens is 604 g/mol. The molecule has 2 saturated heterocycles. The van der Waals surface area contributed by atoms with Crippen molar-refractivity contribution in [3.63, 3.8) is 0 Å². The average molecular weight is 645 g/mol. The van der Waals surface area contributed by atoms with Crippen molar-refractivity contribution < 1.29 is 19.1 Å².